The summed E-state index contributed by atoms with van der Waals surface area (Å²) in [5.41, 5.74) is 16.7. The second-order valence-corrected chi connectivity index (χ2v) is 7.65. The number of nitrogens with two attached hydrogens (primary N) is 1. The van der Waals surface area contributed by atoms with Crippen molar-refractivity contribution >= 4 is 5.69 Å². The molecular formula is C30H23N. The first-order valence-corrected chi connectivity index (χ1v) is 10.5. The van der Waals surface area contributed by atoms with Gasteiger partial charge in [-0.15, -0.1) is 0 Å². The van der Waals surface area contributed by atoms with Gasteiger partial charge in [0, 0.05) is 16.8 Å². The summed E-state index contributed by atoms with van der Waals surface area (Å²) in [6.45, 7) is 0. The molecule has 31 heavy (non-hydrogen) atoms. The maximum Gasteiger partial charge on any atom is 0.0473 e. The number of hydrogen-bond donors (Lipinski definition) is 1. The summed E-state index contributed by atoms with van der Waals surface area (Å²) < 4.78 is 0. The van der Waals surface area contributed by atoms with Crippen molar-refractivity contribution in [3.05, 3.63) is 127 Å². The predicted molar refractivity (Wildman–Crippen MR) is 133 cm³/mol. The molecule has 0 unspecified atom stereocenters. The second-order valence-electron chi connectivity index (χ2n) is 7.65. The van der Waals surface area contributed by atoms with Crippen molar-refractivity contribution in [2.24, 2.45) is 0 Å². The molecule has 0 heterocycles. The Morgan fingerprint density at radius 2 is 0.613 bits per heavy atom. The van der Waals surface area contributed by atoms with Gasteiger partial charge in [-0.1, -0.05) is 127 Å². The Morgan fingerprint density at radius 3 is 1.00 bits per heavy atom. The summed E-state index contributed by atoms with van der Waals surface area (Å²) in [4.78, 5) is 0. The standard InChI is InChI=1S/C30H23N/c31-30-28(26-18-14-24(15-19-26)22-8-3-1-4-9-22)12-7-13-29(30)27-20-16-25(17-21-27)23-10-5-2-6-11-23/h1-21H,31H2. The zero-order chi connectivity index (χ0) is 21.0. The van der Waals surface area contributed by atoms with Crippen LogP contribution in [0.4, 0.5) is 5.69 Å². The van der Waals surface area contributed by atoms with Crippen molar-refractivity contribution in [2.45, 2.75) is 0 Å². The summed E-state index contributed by atoms with van der Waals surface area (Å²) in [5, 5.41) is 0. The zero-order valence-corrected chi connectivity index (χ0v) is 17.2. The Kier molecular flexibility index (Phi) is 5.08. The number of anilines is 1. The Labute approximate surface area is 183 Å². The molecule has 0 aliphatic carbocycles. The van der Waals surface area contributed by atoms with E-state index >= 15 is 0 Å². The molecule has 0 saturated heterocycles. The van der Waals surface area contributed by atoms with Gasteiger partial charge in [0.1, 0.15) is 0 Å². The van der Waals surface area contributed by atoms with E-state index in [1.165, 1.54) is 22.3 Å². The molecule has 0 saturated carbocycles. The van der Waals surface area contributed by atoms with Crippen molar-refractivity contribution in [2.75, 3.05) is 5.73 Å². The van der Waals surface area contributed by atoms with Crippen LogP contribution in [0.25, 0.3) is 44.5 Å². The van der Waals surface area contributed by atoms with Crippen LogP contribution < -0.4 is 5.73 Å². The average Bonchev–Trinajstić information content (AvgIpc) is 2.86. The molecule has 1 nitrogen and oxygen atoms in total. The molecule has 0 amide bonds. The first-order valence-electron chi connectivity index (χ1n) is 10.5. The summed E-state index contributed by atoms with van der Waals surface area (Å²) in [7, 11) is 0. The highest BCUT2D eigenvalue weighted by Gasteiger charge is 2.10. The highest BCUT2D eigenvalue weighted by atomic mass is 14.6. The lowest BCUT2D eigenvalue weighted by Gasteiger charge is -2.13. The third kappa shape index (κ3) is 3.86. The first kappa shape index (κ1) is 18.9. The average molecular weight is 398 g/mol. The molecule has 5 aromatic rings. The lowest BCUT2D eigenvalue weighted by atomic mass is 9.94. The molecule has 2 N–H and O–H groups in total. The lowest BCUT2D eigenvalue weighted by molar-refractivity contribution is 1.56. The van der Waals surface area contributed by atoms with Crippen molar-refractivity contribution < 1.29 is 0 Å². The van der Waals surface area contributed by atoms with Gasteiger partial charge in [0.05, 0.1) is 0 Å². The number of benzene rings is 5. The molecule has 0 aromatic heterocycles. The number of rotatable bonds is 4. The normalized spacial score (nSPS) is 10.7. The van der Waals surface area contributed by atoms with Gasteiger partial charge in [-0.2, -0.15) is 0 Å². The fourth-order valence-corrected chi connectivity index (χ4v) is 4.01. The number of para-hydroxylation sites is 1. The number of hydrogen-bond acceptors (Lipinski definition) is 1. The molecule has 5 aromatic carbocycles. The van der Waals surface area contributed by atoms with E-state index in [1.54, 1.807) is 0 Å². The Balaban J connectivity index is 1.47. The summed E-state index contributed by atoms with van der Waals surface area (Å²) >= 11 is 0. The molecule has 0 radical (unpaired) electrons. The monoisotopic (exact) mass is 397 g/mol. The largest absolute Gasteiger partial charge is 0.398 e. The van der Waals surface area contributed by atoms with Crippen molar-refractivity contribution in [3.63, 3.8) is 0 Å². The van der Waals surface area contributed by atoms with Gasteiger partial charge >= 0.3 is 0 Å². The highest BCUT2D eigenvalue weighted by Crippen LogP contribution is 2.36. The molecule has 5 rings (SSSR count). The molecule has 0 spiro atoms. The van der Waals surface area contributed by atoms with Crippen LogP contribution in [0.3, 0.4) is 0 Å². The van der Waals surface area contributed by atoms with E-state index in [0.29, 0.717) is 0 Å². The van der Waals surface area contributed by atoms with E-state index in [0.717, 1.165) is 27.9 Å². The van der Waals surface area contributed by atoms with Crippen LogP contribution in [0.5, 0.6) is 0 Å². The van der Waals surface area contributed by atoms with Gasteiger partial charge in [-0.25, -0.2) is 0 Å². The van der Waals surface area contributed by atoms with E-state index < -0.39 is 0 Å². The lowest BCUT2D eigenvalue weighted by Crippen LogP contribution is -1.94. The van der Waals surface area contributed by atoms with Gasteiger partial charge in [-0.3, -0.25) is 0 Å². The van der Waals surface area contributed by atoms with Crippen molar-refractivity contribution in [1.82, 2.24) is 0 Å². The minimum Gasteiger partial charge on any atom is -0.398 e. The Hall–Kier alpha value is -4.10. The van der Waals surface area contributed by atoms with Crippen molar-refractivity contribution in [3.8, 4) is 44.5 Å². The fraction of sp³-hybridized carbons (Fsp3) is 0. The molecule has 1 heteroatoms. The first-order chi connectivity index (χ1) is 15.3. The van der Waals surface area contributed by atoms with Crippen LogP contribution in [-0.2, 0) is 0 Å². The number of nitrogen functional groups attached to an aromatic ring is 1. The van der Waals surface area contributed by atoms with E-state index in [1.807, 2.05) is 12.1 Å². The smallest absolute Gasteiger partial charge is 0.0473 e. The van der Waals surface area contributed by atoms with Crippen LogP contribution in [0, 0.1) is 0 Å². The summed E-state index contributed by atoms with van der Waals surface area (Å²) in [5.74, 6) is 0. The van der Waals surface area contributed by atoms with Crippen LogP contribution >= 0.6 is 0 Å². The molecule has 0 atom stereocenters. The summed E-state index contributed by atoms with van der Waals surface area (Å²) in [6.07, 6.45) is 0. The molecule has 0 bridgehead atoms. The van der Waals surface area contributed by atoms with Crippen LogP contribution in [0.15, 0.2) is 127 Å². The maximum absolute atomic E-state index is 6.65. The topological polar surface area (TPSA) is 26.0 Å². The van der Waals surface area contributed by atoms with Crippen LogP contribution in [0.1, 0.15) is 0 Å². The third-order valence-electron chi connectivity index (χ3n) is 5.71. The van der Waals surface area contributed by atoms with E-state index in [2.05, 4.69) is 115 Å². The fourth-order valence-electron chi connectivity index (χ4n) is 4.01. The van der Waals surface area contributed by atoms with Gasteiger partial charge in [0.25, 0.3) is 0 Å². The SMILES string of the molecule is Nc1c(-c2ccc(-c3ccccc3)cc2)cccc1-c1ccc(-c2ccccc2)cc1. The highest BCUT2D eigenvalue weighted by molar-refractivity contribution is 5.89. The van der Waals surface area contributed by atoms with E-state index in [4.69, 9.17) is 5.73 Å². The minimum atomic E-state index is 0.808. The Morgan fingerprint density at radius 1 is 0.290 bits per heavy atom. The van der Waals surface area contributed by atoms with E-state index in [9.17, 15) is 0 Å². The third-order valence-corrected chi connectivity index (χ3v) is 5.71. The van der Waals surface area contributed by atoms with Crippen LogP contribution in [-0.4, -0.2) is 0 Å². The zero-order valence-electron chi connectivity index (χ0n) is 17.2. The van der Waals surface area contributed by atoms with Crippen molar-refractivity contribution in [1.29, 1.82) is 0 Å². The second kappa shape index (κ2) is 8.33. The van der Waals surface area contributed by atoms with Gasteiger partial charge in [0.2, 0.25) is 0 Å². The quantitative estimate of drug-likeness (QED) is 0.306. The van der Waals surface area contributed by atoms with Gasteiger partial charge < -0.3 is 5.73 Å². The molecule has 0 aliphatic rings. The molecule has 0 aliphatic heterocycles. The van der Waals surface area contributed by atoms with Gasteiger partial charge in [-0.05, 0) is 33.4 Å². The molecular weight excluding hydrogens is 374 g/mol. The van der Waals surface area contributed by atoms with E-state index in [-0.39, 0.29) is 0 Å². The van der Waals surface area contributed by atoms with Gasteiger partial charge in [0.15, 0.2) is 0 Å². The minimum absolute atomic E-state index is 0.808. The molecule has 0 fully saturated rings. The molecule has 148 valence electrons. The maximum atomic E-state index is 6.65. The van der Waals surface area contributed by atoms with Crippen LogP contribution in [0.2, 0.25) is 0 Å². The summed E-state index contributed by atoms with van der Waals surface area (Å²) in [6, 6.07) is 44.3. The predicted octanol–water partition coefficient (Wildman–Crippen LogP) is 7.94. The Bertz CT molecular complexity index is 1190.